The van der Waals surface area contributed by atoms with Crippen molar-refractivity contribution < 1.29 is 14.6 Å². The minimum absolute atomic E-state index is 0.290. The maximum absolute atomic E-state index is 11.6. The summed E-state index contributed by atoms with van der Waals surface area (Å²) < 4.78 is 5.60. The predicted octanol–water partition coefficient (Wildman–Crippen LogP) is 4.12. The lowest BCUT2D eigenvalue weighted by atomic mass is 9.91. The molecule has 1 atom stereocenters. The van der Waals surface area contributed by atoms with Crippen LogP contribution in [0.5, 0.6) is 0 Å². The SMILES string of the molecule is O=C(O)c1cccc(Cc2ccccc2)c1C1C=CC=CO1. The monoisotopic (exact) mass is 292 g/mol. The van der Waals surface area contributed by atoms with Gasteiger partial charge in [-0.25, -0.2) is 4.79 Å². The quantitative estimate of drug-likeness (QED) is 0.922. The fraction of sp³-hybridized carbons (Fsp3) is 0.105. The molecule has 0 aromatic heterocycles. The van der Waals surface area contributed by atoms with E-state index in [2.05, 4.69) is 0 Å². The third-order valence-electron chi connectivity index (χ3n) is 3.65. The van der Waals surface area contributed by atoms with Crippen molar-refractivity contribution in [3.8, 4) is 0 Å². The van der Waals surface area contributed by atoms with E-state index in [9.17, 15) is 9.90 Å². The van der Waals surface area contributed by atoms with E-state index in [1.54, 1.807) is 24.5 Å². The predicted molar refractivity (Wildman–Crippen MR) is 84.8 cm³/mol. The average molecular weight is 292 g/mol. The third-order valence-corrected chi connectivity index (χ3v) is 3.65. The van der Waals surface area contributed by atoms with Crippen LogP contribution in [0.2, 0.25) is 0 Å². The maximum atomic E-state index is 11.6. The van der Waals surface area contributed by atoms with E-state index in [4.69, 9.17) is 4.74 Å². The van der Waals surface area contributed by atoms with Crippen LogP contribution in [0, 0.1) is 0 Å². The molecule has 0 aliphatic carbocycles. The van der Waals surface area contributed by atoms with E-state index in [1.165, 1.54) is 0 Å². The van der Waals surface area contributed by atoms with Gasteiger partial charge in [-0.05, 0) is 35.8 Å². The highest BCUT2D eigenvalue weighted by molar-refractivity contribution is 5.90. The van der Waals surface area contributed by atoms with Crippen LogP contribution in [-0.4, -0.2) is 11.1 Å². The van der Waals surface area contributed by atoms with Crippen molar-refractivity contribution in [2.24, 2.45) is 0 Å². The first-order chi connectivity index (χ1) is 10.8. The fourth-order valence-corrected chi connectivity index (χ4v) is 2.66. The minimum atomic E-state index is -0.934. The zero-order chi connectivity index (χ0) is 15.4. The summed E-state index contributed by atoms with van der Waals surface area (Å²) in [6.07, 6.45) is 7.44. The van der Waals surface area contributed by atoms with E-state index in [0.717, 1.165) is 16.7 Å². The second-order valence-corrected chi connectivity index (χ2v) is 5.12. The lowest BCUT2D eigenvalue weighted by molar-refractivity contribution is 0.0690. The summed E-state index contributed by atoms with van der Waals surface area (Å²) in [7, 11) is 0. The van der Waals surface area contributed by atoms with Gasteiger partial charge in [-0.1, -0.05) is 48.5 Å². The number of benzene rings is 2. The number of carboxylic acids is 1. The Hall–Kier alpha value is -2.81. The lowest BCUT2D eigenvalue weighted by Gasteiger charge is -2.21. The number of hydrogen-bond acceptors (Lipinski definition) is 2. The summed E-state index contributed by atoms with van der Waals surface area (Å²) in [4.78, 5) is 11.6. The molecule has 1 aliphatic rings. The maximum Gasteiger partial charge on any atom is 0.336 e. The zero-order valence-electron chi connectivity index (χ0n) is 12.0. The molecule has 22 heavy (non-hydrogen) atoms. The van der Waals surface area contributed by atoms with Crippen LogP contribution in [0.1, 0.15) is 33.2 Å². The van der Waals surface area contributed by atoms with Crippen molar-refractivity contribution in [1.82, 2.24) is 0 Å². The highest BCUT2D eigenvalue weighted by Crippen LogP contribution is 2.30. The molecule has 0 spiro atoms. The molecule has 0 saturated carbocycles. The van der Waals surface area contributed by atoms with Crippen LogP contribution in [0.3, 0.4) is 0 Å². The van der Waals surface area contributed by atoms with E-state index in [-0.39, 0.29) is 6.10 Å². The first-order valence-electron chi connectivity index (χ1n) is 7.13. The van der Waals surface area contributed by atoms with Gasteiger partial charge in [0.2, 0.25) is 0 Å². The van der Waals surface area contributed by atoms with Crippen molar-refractivity contribution >= 4 is 5.97 Å². The Morgan fingerprint density at radius 3 is 2.55 bits per heavy atom. The number of carbonyl (C=O) groups is 1. The van der Waals surface area contributed by atoms with E-state index in [0.29, 0.717) is 12.0 Å². The summed E-state index contributed by atoms with van der Waals surface area (Å²) in [5.74, 6) is -0.934. The van der Waals surface area contributed by atoms with Gasteiger partial charge in [-0.3, -0.25) is 0 Å². The van der Waals surface area contributed by atoms with Crippen LogP contribution in [0.15, 0.2) is 73.0 Å². The van der Waals surface area contributed by atoms with Gasteiger partial charge in [0.25, 0.3) is 0 Å². The van der Waals surface area contributed by atoms with Gasteiger partial charge in [0.05, 0.1) is 11.8 Å². The highest BCUT2D eigenvalue weighted by Gasteiger charge is 2.22. The smallest absolute Gasteiger partial charge is 0.336 e. The Labute approximate surface area is 129 Å². The van der Waals surface area contributed by atoms with Crippen molar-refractivity contribution in [3.63, 3.8) is 0 Å². The van der Waals surface area contributed by atoms with Gasteiger partial charge in [0, 0.05) is 5.56 Å². The molecule has 0 radical (unpaired) electrons. The molecule has 0 amide bonds. The fourth-order valence-electron chi connectivity index (χ4n) is 2.66. The molecule has 0 bridgehead atoms. The summed E-state index contributed by atoms with van der Waals surface area (Å²) in [5.41, 5.74) is 3.12. The molecule has 3 heteroatoms. The normalized spacial score (nSPS) is 16.3. The second-order valence-electron chi connectivity index (χ2n) is 5.12. The van der Waals surface area contributed by atoms with Crippen LogP contribution in [-0.2, 0) is 11.2 Å². The summed E-state index contributed by atoms with van der Waals surface area (Å²) in [6.45, 7) is 0. The number of allylic oxidation sites excluding steroid dienone is 2. The first kappa shape index (κ1) is 14.1. The molecule has 0 saturated heterocycles. The van der Waals surface area contributed by atoms with Gasteiger partial charge >= 0.3 is 5.97 Å². The molecule has 2 aromatic rings. The standard InChI is InChI=1S/C19H16O3/c20-19(21)16-10-6-9-15(13-14-7-2-1-3-8-14)18(16)17-11-4-5-12-22-17/h1-12,17H,13H2,(H,20,21). The number of hydrogen-bond donors (Lipinski definition) is 1. The minimum Gasteiger partial charge on any atom is -0.489 e. The van der Waals surface area contributed by atoms with E-state index < -0.39 is 5.97 Å². The molecule has 1 aliphatic heterocycles. The molecule has 1 unspecified atom stereocenters. The third kappa shape index (κ3) is 2.93. The van der Waals surface area contributed by atoms with Crippen LogP contribution in [0.4, 0.5) is 0 Å². The molecule has 3 rings (SSSR count). The zero-order valence-corrected chi connectivity index (χ0v) is 12.0. The Balaban J connectivity index is 2.05. The van der Waals surface area contributed by atoms with E-state index in [1.807, 2.05) is 48.6 Å². The number of carboxylic acid groups (broad SMARTS) is 1. The summed E-state index contributed by atoms with van der Waals surface area (Å²) in [6, 6.07) is 15.4. The van der Waals surface area contributed by atoms with Gasteiger partial charge in [-0.2, -0.15) is 0 Å². The Bertz CT molecular complexity index is 730. The topological polar surface area (TPSA) is 46.5 Å². The lowest BCUT2D eigenvalue weighted by Crippen LogP contribution is -2.12. The van der Waals surface area contributed by atoms with Crippen LogP contribution in [0.25, 0.3) is 0 Å². The average Bonchev–Trinajstić information content (AvgIpc) is 2.56. The van der Waals surface area contributed by atoms with Crippen molar-refractivity contribution in [2.45, 2.75) is 12.5 Å². The molecular formula is C19H16O3. The van der Waals surface area contributed by atoms with Gasteiger partial charge < -0.3 is 9.84 Å². The summed E-state index contributed by atoms with van der Waals surface area (Å²) >= 11 is 0. The van der Waals surface area contributed by atoms with Gasteiger partial charge in [0.1, 0.15) is 6.10 Å². The Morgan fingerprint density at radius 1 is 1.05 bits per heavy atom. The van der Waals surface area contributed by atoms with Gasteiger partial charge in [0.15, 0.2) is 0 Å². The first-order valence-corrected chi connectivity index (χ1v) is 7.13. The van der Waals surface area contributed by atoms with Crippen molar-refractivity contribution in [2.75, 3.05) is 0 Å². The van der Waals surface area contributed by atoms with Crippen molar-refractivity contribution in [3.05, 3.63) is 95.3 Å². The molecule has 1 heterocycles. The van der Waals surface area contributed by atoms with Crippen LogP contribution >= 0.6 is 0 Å². The molecule has 1 N–H and O–H groups in total. The number of ether oxygens (including phenoxy) is 1. The molecule has 0 fully saturated rings. The van der Waals surface area contributed by atoms with Crippen LogP contribution < -0.4 is 0 Å². The number of rotatable bonds is 4. The van der Waals surface area contributed by atoms with Gasteiger partial charge in [-0.15, -0.1) is 0 Å². The molecule has 2 aromatic carbocycles. The molecule has 110 valence electrons. The highest BCUT2D eigenvalue weighted by atomic mass is 16.5. The summed E-state index contributed by atoms with van der Waals surface area (Å²) in [5, 5.41) is 9.49. The molecular weight excluding hydrogens is 276 g/mol. The number of aromatic carboxylic acids is 1. The van der Waals surface area contributed by atoms with E-state index >= 15 is 0 Å². The Kier molecular flexibility index (Phi) is 4.05. The molecule has 3 nitrogen and oxygen atoms in total. The van der Waals surface area contributed by atoms with Crippen molar-refractivity contribution in [1.29, 1.82) is 0 Å². The Morgan fingerprint density at radius 2 is 1.86 bits per heavy atom. The largest absolute Gasteiger partial charge is 0.489 e. The second kappa shape index (κ2) is 6.31.